The lowest BCUT2D eigenvalue weighted by molar-refractivity contribution is 0.146. The Bertz CT molecular complexity index is 1560. The predicted molar refractivity (Wildman–Crippen MR) is 141 cm³/mol. The highest BCUT2D eigenvalue weighted by atomic mass is 32.2. The van der Waals surface area contributed by atoms with Crippen molar-refractivity contribution >= 4 is 21.1 Å². The van der Waals surface area contributed by atoms with Crippen molar-refractivity contribution in [2.24, 2.45) is 7.05 Å². The van der Waals surface area contributed by atoms with Crippen LogP contribution >= 0.6 is 0 Å². The summed E-state index contributed by atoms with van der Waals surface area (Å²) < 4.78 is 36.4. The number of rotatable bonds is 10. The number of aromatic amines is 1. The summed E-state index contributed by atoms with van der Waals surface area (Å²) in [5.41, 5.74) is 2.05. The van der Waals surface area contributed by atoms with Crippen LogP contribution in [0.5, 0.6) is 5.75 Å². The minimum atomic E-state index is -4.04. The van der Waals surface area contributed by atoms with Crippen LogP contribution in [-0.2, 0) is 23.5 Å². The minimum Gasteiger partial charge on any atom is -0.493 e. The third-order valence-corrected chi connectivity index (χ3v) is 7.58. The summed E-state index contributed by atoms with van der Waals surface area (Å²) in [5.74, 6) is 0.558. The molecule has 4 aromatic rings. The van der Waals surface area contributed by atoms with E-state index in [2.05, 4.69) is 19.8 Å². The Labute approximate surface area is 215 Å². The fraction of sp³-hybridized carbons (Fsp3) is 0.346. The molecule has 2 heterocycles. The van der Waals surface area contributed by atoms with Crippen molar-refractivity contribution in [1.29, 1.82) is 0 Å². The average molecular weight is 526 g/mol. The van der Waals surface area contributed by atoms with E-state index in [1.54, 1.807) is 38.2 Å². The molecule has 0 unspecified atom stereocenters. The molecule has 0 bridgehead atoms. The maximum absolute atomic E-state index is 13.3. The molecule has 10 nitrogen and oxygen atoms in total. The van der Waals surface area contributed by atoms with Crippen LogP contribution in [0.3, 0.4) is 0 Å². The largest absolute Gasteiger partial charge is 0.493 e. The monoisotopic (exact) mass is 525 g/mol. The number of aliphatic hydroxyl groups excluding tert-OH is 1. The van der Waals surface area contributed by atoms with Gasteiger partial charge in [-0.05, 0) is 44.0 Å². The van der Waals surface area contributed by atoms with Crippen molar-refractivity contribution in [3.05, 3.63) is 70.1 Å². The molecule has 0 aliphatic carbocycles. The van der Waals surface area contributed by atoms with Crippen LogP contribution in [0.4, 0.5) is 0 Å². The molecule has 2 atom stereocenters. The van der Waals surface area contributed by atoms with Crippen LogP contribution in [0.25, 0.3) is 22.4 Å². The maximum atomic E-state index is 13.3. The van der Waals surface area contributed by atoms with E-state index in [9.17, 15) is 18.3 Å². The van der Waals surface area contributed by atoms with Crippen molar-refractivity contribution in [1.82, 2.24) is 24.5 Å². The number of hydrogen-bond donors (Lipinski definition) is 3. The van der Waals surface area contributed by atoms with E-state index >= 15 is 0 Å². The second kappa shape index (κ2) is 10.8. The lowest BCUT2D eigenvalue weighted by Crippen LogP contribution is -2.37. The Morgan fingerprint density at radius 3 is 2.57 bits per heavy atom. The number of nitrogens with zero attached hydrogens (tertiary/aromatic N) is 3. The van der Waals surface area contributed by atoms with Crippen LogP contribution < -0.4 is 15.0 Å². The number of hydrogen-bond acceptors (Lipinski definition) is 7. The van der Waals surface area contributed by atoms with Gasteiger partial charge in [0.05, 0.1) is 28.9 Å². The molecule has 0 saturated heterocycles. The van der Waals surface area contributed by atoms with Gasteiger partial charge in [0.15, 0.2) is 5.52 Å². The van der Waals surface area contributed by atoms with Gasteiger partial charge in [0.25, 0.3) is 5.56 Å². The summed E-state index contributed by atoms with van der Waals surface area (Å²) in [5, 5.41) is 15.1. The van der Waals surface area contributed by atoms with Gasteiger partial charge < -0.3 is 14.8 Å². The van der Waals surface area contributed by atoms with Gasteiger partial charge >= 0.3 is 0 Å². The second-order valence-corrected chi connectivity index (χ2v) is 10.5. The predicted octanol–water partition coefficient (Wildman–Crippen LogP) is 3.08. The maximum Gasteiger partial charge on any atom is 0.277 e. The van der Waals surface area contributed by atoms with E-state index < -0.39 is 22.2 Å². The van der Waals surface area contributed by atoms with Gasteiger partial charge in [-0.25, -0.2) is 18.1 Å². The molecule has 0 amide bonds. The van der Waals surface area contributed by atoms with Crippen LogP contribution in [0.15, 0.2) is 58.2 Å². The fourth-order valence-corrected chi connectivity index (χ4v) is 5.51. The number of ether oxygens (including phenoxy) is 1. The Hall–Kier alpha value is -3.54. The number of aliphatic hydroxyl groups is 1. The number of nitrogens with one attached hydrogen (secondary N) is 2. The standard InChI is InChI=1S/C26H31N5O5S/c1-5-10-20-22-23(31(4)29-20)26(33)28-25(27-22)19-15-18(13-14-21(19)36-6-2)37(34,35)30-16(3)24(32)17-11-8-7-9-12-17/h7-9,11-16,24,30,32H,5-6,10H2,1-4H3,(H,27,28,33)/t16-,24-/m0/s1. The number of aryl methyl sites for hydroxylation is 2. The van der Waals surface area contributed by atoms with Crippen molar-refractivity contribution in [2.75, 3.05) is 6.61 Å². The minimum absolute atomic E-state index is 0.0548. The normalized spacial score (nSPS) is 13.5. The molecule has 4 rings (SSSR count). The molecule has 0 saturated carbocycles. The molecule has 0 aliphatic rings. The molecule has 0 radical (unpaired) electrons. The van der Waals surface area contributed by atoms with Crippen molar-refractivity contribution in [3.63, 3.8) is 0 Å². The first kappa shape index (κ1) is 26.5. The second-order valence-electron chi connectivity index (χ2n) is 8.79. The highest BCUT2D eigenvalue weighted by molar-refractivity contribution is 7.89. The molecule has 2 aromatic heterocycles. The van der Waals surface area contributed by atoms with Crippen molar-refractivity contribution in [3.8, 4) is 17.1 Å². The smallest absolute Gasteiger partial charge is 0.277 e. The molecular formula is C26H31N5O5S. The van der Waals surface area contributed by atoms with Gasteiger partial charge in [0.1, 0.15) is 17.1 Å². The number of fused-ring (bicyclic) bond motifs is 1. The summed E-state index contributed by atoms with van der Waals surface area (Å²) in [6, 6.07) is 12.4. The third kappa shape index (κ3) is 5.43. The molecule has 0 spiro atoms. The van der Waals surface area contributed by atoms with E-state index in [1.807, 2.05) is 19.9 Å². The summed E-state index contributed by atoms with van der Waals surface area (Å²) in [6.07, 6.45) is 0.430. The van der Waals surface area contributed by atoms with Crippen molar-refractivity contribution < 1.29 is 18.3 Å². The van der Waals surface area contributed by atoms with Crippen molar-refractivity contribution in [2.45, 2.75) is 50.7 Å². The van der Waals surface area contributed by atoms with E-state index in [0.717, 1.165) is 6.42 Å². The van der Waals surface area contributed by atoms with Gasteiger partial charge in [0, 0.05) is 13.1 Å². The molecule has 2 aromatic carbocycles. The van der Waals surface area contributed by atoms with Crippen LogP contribution in [0.1, 0.15) is 44.6 Å². The Kier molecular flexibility index (Phi) is 7.76. The zero-order chi connectivity index (χ0) is 26.7. The Morgan fingerprint density at radius 2 is 1.89 bits per heavy atom. The average Bonchev–Trinajstić information content (AvgIpc) is 3.19. The van der Waals surface area contributed by atoms with Crippen LogP contribution in [0.2, 0.25) is 0 Å². The van der Waals surface area contributed by atoms with Crippen LogP contribution in [-0.4, -0.2) is 45.9 Å². The lowest BCUT2D eigenvalue weighted by Gasteiger charge is -2.21. The summed E-state index contributed by atoms with van der Waals surface area (Å²) in [7, 11) is -2.35. The van der Waals surface area contributed by atoms with E-state index in [-0.39, 0.29) is 16.3 Å². The first-order valence-electron chi connectivity index (χ1n) is 12.1. The highest BCUT2D eigenvalue weighted by Gasteiger charge is 2.25. The number of H-pyrrole nitrogens is 1. The molecule has 11 heteroatoms. The van der Waals surface area contributed by atoms with Gasteiger partial charge in [0.2, 0.25) is 10.0 Å². The molecule has 3 N–H and O–H groups in total. The van der Waals surface area contributed by atoms with E-state index in [0.29, 0.717) is 46.6 Å². The SMILES string of the molecule is CCCc1nn(C)c2c(=O)[nH]c(-c3cc(S(=O)(=O)N[C@@H](C)[C@H](O)c4ccccc4)ccc3OCC)nc12. The Morgan fingerprint density at radius 1 is 1.16 bits per heavy atom. The summed E-state index contributed by atoms with van der Waals surface area (Å²) >= 11 is 0. The van der Waals surface area contributed by atoms with Crippen LogP contribution in [0, 0.1) is 0 Å². The van der Waals surface area contributed by atoms with Gasteiger partial charge in [-0.1, -0.05) is 43.7 Å². The molecular weight excluding hydrogens is 494 g/mol. The highest BCUT2D eigenvalue weighted by Crippen LogP contribution is 2.31. The third-order valence-electron chi connectivity index (χ3n) is 6.02. The first-order chi connectivity index (χ1) is 17.7. The zero-order valence-corrected chi connectivity index (χ0v) is 22.0. The molecule has 0 aliphatic heterocycles. The number of benzene rings is 2. The summed E-state index contributed by atoms with van der Waals surface area (Å²) in [4.78, 5) is 20.3. The zero-order valence-electron chi connectivity index (χ0n) is 21.2. The van der Waals surface area contributed by atoms with E-state index in [4.69, 9.17) is 4.74 Å². The van der Waals surface area contributed by atoms with E-state index in [1.165, 1.54) is 22.9 Å². The first-order valence-corrected chi connectivity index (χ1v) is 13.6. The fourth-order valence-electron chi connectivity index (χ4n) is 4.24. The molecule has 37 heavy (non-hydrogen) atoms. The number of sulfonamides is 1. The molecule has 0 fully saturated rings. The lowest BCUT2D eigenvalue weighted by atomic mass is 10.0. The van der Waals surface area contributed by atoms with Gasteiger partial charge in [-0.2, -0.15) is 5.10 Å². The topological polar surface area (TPSA) is 139 Å². The quantitative estimate of drug-likeness (QED) is 0.289. The van der Waals surface area contributed by atoms with Gasteiger partial charge in [-0.3, -0.25) is 9.48 Å². The molecule has 196 valence electrons. The Balaban J connectivity index is 1.76. The number of aromatic nitrogens is 4. The van der Waals surface area contributed by atoms with Gasteiger partial charge in [-0.15, -0.1) is 0 Å². The summed E-state index contributed by atoms with van der Waals surface area (Å²) in [6.45, 7) is 5.74.